The lowest BCUT2D eigenvalue weighted by Crippen LogP contribution is -2.31. The van der Waals surface area contributed by atoms with Gasteiger partial charge in [-0.3, -0.25) is 9.59 Å². The number of aromatic hydroxyl groups is 1. The molecule has 0 aliphatic carbocycles. The normalized spacial score (nSPS) is 10.9. The van der Waals surface area contributed by atoms with Gasteiger partial charge < -0.3 is 14.4 Å². The Morgan fingerprint density at radius 3 is 2.80 bits per heavy atom. The van der Waals surface area contributed by atoms with Crippen LogP contribution in [0.4, 0.5) is 0 Å². The number of carbonyl (C=O) groups excluding carboxylic acids is 1. The van der Waals surface area contributed by atoms with Gasteiger partial charge in [-0.25, -0.2) is 5.43 Å². The molecular weight excluding hydrogens is 406 g/mol. The quantitative estimate of drug-likeness (QED) is 0.448. The van der Waals surface area contributed by atoms with Crippen LogP contribution in [0.2, 0.25) is 5.02 Å². The minimum atomic E-state index is -0.631. The van der Waals surface area contributed by atoms with E-state index in [9.17, 15) is 14.7 Å². The summed E-state index contributed by atoms with van der Waals surface area (Å²) in [5, 5.41) is 14.2. The Morgan fingerprint density at radius 2 is 2.03 bits per heavy atom. The van der Waals surface area contributed by atoms with E-state index in [1.165, 1.54) is 22.9 Å². The zero-order valence-electron chi connectivity index (χ0n) is 16.2. The molecule has 0 unspecified atom stereocenters. The standard InChI is InChI=1S/C22H20ClN3O4/c1-2-30-20-12-15(9-10-19(20)27)13-24-25-21(28)17-7-5-11-26(22(17)29)14-16-6-3-4-8-18(16)23/h3-13,27H,2,14H2,1H3,(H,25,28)/b24-13-. The van der Waals surface area contributed by atoms with Crippen molar-refractivity contribution in [3.8, 4) is 11.5 Å². The lowest BCUT2D eigenvalue weighted by atomic mass is 10.2. The fourth-order valence-corrected chi connectivity index (χ4v) is 2.95. The number of halogens is 1. The van der Waals surface area contributed by atoms with Crippen LogP contribution in [0.5, 0.6) is 11.5 Å². The first-order valence-corrected chi connectivity index (χ1v) is 9.59. The summed E-state index contributed by atoms with van der Waals surface area (Å²) in [7, 11) is 0. The third-order valence-electron chi connectivity index (χ3n) is 4.23. The molecule has 1 heterocycles. The number of rotatable bonds is 7. The van der Waals surface area contributed by atoms with Crippen LogP contribution < -0.4 is 15.7 Å². The van der Waals surface area contributed by atoms with Gasteiger partial charge in [0.05, 0.1) is 19.4 Å². The Labute approximate surface area is 178 Å². The van der Waals surface area contributed by atoms with Gasteiger partial charge in [-0.1, -0.05) is 29.8 Å². The van der Waals surface area contributed by atoms with E-state index in [0.29, 0.717) is 22.9 Å². The van der Waals surface area contributed by atoms with Crippen molar-refractivity contribution in [1.82, 2.24) is 9.99 Å². The van der Waals surface area contributed by atoms with Crippen molar-refractivity contribution in [2.75, 3.05) is 6.61 Å². The number of ether oxygens (including phenoxy) is 1. The molecule has 154 valence electrons. The summed E-state index contributed by atoms with van der Waals surface area (Å²) in [4.78, 5) is 25.1. The topological polar surface area (TPSA) is 92.9 Å². The second-order valence-corrected chi connectivity index (χ2v) is 6.71. The fraction of sp³-hybridized carbons (Fsp3) is 0.136. The zero-order valence-corrected chi connectivity index (χ0v) is 17.0. The van der Waals surface area contributed by atoms with Gasteiger partial charge >= 0.3 is 0 Å². The maximum absolute atomic E-state index is 12.7. The van der Waals surface area contributed by atoms with Crippen molar-refractivity contribution in [2.45, 2.75) is 13.5 Å². The SMILES string of the molecule is CCOc1cc(/C=N\NC(=O)c2cccn(Cc3ccccc3Cl)c2=O)ccc1O. The van der Waals surface area contributed by atoms with Gasteiger partial charge in [0.25, 0.3) is 11.5 Å². The van der Waals surface area contributed by atoms with Crippen molar-refractivity contribution < 1.29 is 14.6 Å². The molecular formula is C22H20ClN3O4. The summed E-state index contributed by atoms with van der Waals surface area (Å²) in [6.07, 6.45) is 2.99. The van der Waals surface area contributed by atoms with Crippen LogP contribution >= 0.6 is 11.6 Å². The molecule has 0 bridgehead atoms. The molecule has 2 aromatic carbocycles. The number of hydrazone groups is 1. The van der Waals surface area contributed by atoms with Gasteiger partial charge in [0, 0.05) is 11.2 Å². The Kier molecular flexibility index (Phi) is 6.87. The van der Waals surface area contributed by atoms with Gasteiger partial charge in [-0.2, -0.15) is 5.10 Å². The smallest absolute Gasteiger partial charge is 0.276 e. The fourth-order valence-electron chi connectivity index (χ4n) is 2.75. The molecule has 7 nitrogen and oxygen atoms in total. The number of aromatic nitrogens is 1. The highest BCUT2D eigenvalue weighted by Crippen LogP contribution is 2.26. The van der Waals surface area contributed by atoms with E-state index in [4.69, 9.17) is 16.3 Å². The maximum atomic E-state index is 12.7. The molecule has 0 aliphatic rings. The van der Waals surface area contributed by atoms with Gasteiger partial charge in [-0.05, 0) is 54.4 Å². The predicted octanol–water partition coefficient (Wildman–Crippen LogP) is 3.42. The third-order valence-corrected chi connectivity index (χ3v) is 4.60. The number of pyridine rings is 1. The Balaban J connectivity index is 1.73. The molecule has 2 N–H and O–H groups in total. The number of benzene rings is 2. The first-order valence-electron chi connectivity index (χ1n) is 9.21. The van der Waals surface area contributed by atoms with Crippen molar-refractivity contribution in [3.63, 3.8) is 0 Å². The number of phenolic OH excluding ortho intramolecular Hbond substituents is 1. The van der Waals surface area contributed by atoms with Gasteiger partial charge in [0.1, 0.15) is 5.56 Å². The molecule has 0 saturated heterocycles. The first kappa shape index (κ1) is 21.1. The largest absolute Gasteiger partial charge is 0.504 e. The highest BCUT2D eigenvalue weighted by molar-refractivity contribution is 6.31. The summed E-state index contributed by atoms with van der Waals surface area (Å²) in [5.41, 5.74) is 3.24. The van der Waals surface area contributed by atoms with Crippen LogP contribution in [-0.2, 0) is 6.54 Å². The average Bonchev–Trinajstić information content (AvgIpc) is 2.73. The number of phenols is 1. The van der Waals surface area contributed by atoms with Crippen LogP contribution in [0.25, 0.3) is 0 Å². The third kappa shape index (κ3) is 5.07. The van der Waals surface area contributed by atoms with Gasteiger partial charge in [-0.15, -0.1) is 0 Å². The summed E-state index contributed by atoms with van der Waals surface area (Å²) in [6.45, 7) is 2.45. The van der Waals surface area contributed by atoms with E-state index in [-0.39, 0.29) is 17.9 Å². The number of hydrogen-bond acceptors (Lipinski definition) is 5. The first-order chi connectivity index (χ1) is 14.5. The molecule has 0 aliphatic heterocycles. The van der Waals surface area contributed by atoms with E-state index >= 15 is 0 Å². The molecule has 0 fully saturated rings. The van der Waals surface area contributed by atoms with E-state index in [0.717, 1.165) is 5.56 Å². The second-order valence-electron chi connectivity index (χ2n) is 6.31. The highest BCUT2D eigenvalue weighted by atomic mass is 35.5. The number of nitrogens with zero attached hydrogens (tertiary/aromatic N) is 2. The van der Waals surface area contributed by atoms with Crippen LogP contribution in [0.15, 0.2) is 70.7 Å². The van der Waals surface area contributed by atoms with Gasteiger partial charge in [0.15, 0.2) is 11.5 Å². The molecule has 0 saturated carbocycles. The van der Waals surface area contributed by atoms with Crippen LogP contribution in [0.1, 0.15) is 28.4 Å². The Morgan fingerprint density at radius 1 is 1.23 bits per heavy atom. The molecule has 3 rings (SSSR count). The predicted molar refractivity (Wildman–Crippen MR) is 116 cm³/mol. The number of amides is 1. The zero-order chi connectivity index (χ0) is 21.5. The van der Waals surface area contributed by atoms with Crippen molar-refractivity contribution in [1.29, 1.82) is 0 Å². The monoisotopic (exact) mass is 425 g/mol. The van der Waals surface area contributed by atoms with Crippen LogP contribution in [0, 0.1) is 0 Å². The molecule has 1 aromatic heterocycles. The maximum Gasteiger partial charge on any atom is 0.276 e. The molecule has 0 atom stereocenters. The Hall–Kier alpha value is -3.58. The van der Waals surface area contributed by atoms with E-state index in [1.54, 1.807) is 37.4 Å². The lowest BCUT2D eigenvalue weighted by molar-refractivity contribution is 0.0953. The number of nitrogens with one attached hydrogen (secondary N) is 1. The van der Waals surface area contributed by atoms with Crippen LogP contribution in [0.3, 0.4) is 0 Å². The highest BCUT2D eigenvalue weighted by Gasteiger charge is 2.12. The second kappa shape index (κ2) is 9.76. The Bertz CT molecular complexity index is 1140. The summed E-state index contributed by atoms with van der Waals surface area (Å²) < 4.78 is 6.72. The molecule has 30 heavy (non-hydrogen) atoms. The van der Waals surface area contributed by atoms with E-state index in [2.05, 4.69) is 10.5 Å². The van der Waals surface area contributed by atoms with Gasteiger partial charge in [0.2, 0.25) is 0 Å². The average molecular weight is 426 g/mol. The van der Waals surface area contributed by atoms with Crippen LogP contribution in [-0.4, -0.2) is 28.4 Å². The van der Waals surface area contributed by atoms with E-state index < -0.39 is 11.5 Å². The minimum absolute atomic E-state index is 0.0152. The molecule has 1 amide bonds. The lowest BCUT2D eigenvalue weighted by Gasteiger charge is -2.09. The number of hydrogen-bond donors (Lipinski definition) is 2. The molecule has 0 radical (unpaired) electrons. The molecule has 0 spiro atoms. The van der Waals surface area contributed by atoms with E-state index in [1.807, 2.05) is 18.2 Å². The van der Waals surface area contributed by atoms with Crippen molar-refractivity contribution in [2.24, 2.45) is 5.10 Å². The van der Waals surface area contributed by atoms with Crippen molar-refractivity contribution >= 4 is 23.7 Å². The summed E-state index contributed by atoms with van der Waals surface area (Å²) in [6, 6.07) is 14.9. The molecule has 3 aromatic rings. The molecule has 8 heteroatoms. The minimum Gasteiger partial charge on any atom is -0.504 e. The summed E-state index contributed by atoms with van der Waals surface area (Å²) >= 11 is 6.16. The summed E-state index contributed by atoms with van der Waals surface area (Å²) in [5.74, 6) is -0.298. The van der Waals surface area contributed by atoms with Crippen molar-refractivity contribution in [3.05, 3.63) is 92.9 Å². The number of carbonyl (C=O) groups is 1.